The van der Waals surface area contributed by atoms with Crippen LogP contribution in [0.1, 0.15) is 36.3 Å². The highest BCUT2D eigenvalue weighted by atomic mass is 19.4. The number of carbonyl (C=O) groups excluding carboxylic acids is 1. The van der Waals surface area contributed by atoms with E-state index >= 15 is 0 Å². The van der Waals surface area contributed by atoms with E-state index < -0.39 is 11.7 Å². The van der Waals surface area contributed by atoms with Crippen molar-refractivity contribution in [2.75, 3.05) is 19.7 Å². The summed E-state index contributed by atoms with van der Waals surface area (Å²) in [6.07, 6.45) is -1.97. The van der Waals surface area contributed by atoms with E-state index in [-0.39, 0.29) is 24.3 Å². The summed E-state index contributed by atoms with van der Waals surface area (Å²) in [4.78, 5) is 14.3. The van der Waals surface area contributed by atoms with Gasteiger partial charge in [0.15, 0.2) is 0 Å². The second-order valence-corrected chi connectivity index (χ2v) is 6.52. The average Bonchev–Trinajstić information content (AvgIpc) is 3.18. The summed E-state index contributed by atoms with van der Waals surface area (Å²) in [5.41, 5.74) is 0.151. The molecule has 6 heteroatoms. The normalized spacial score (nSPS) is 27.3. The number of benzene rings is 1. The number of alkyl halides is 3. The van der Waals surface area contributed by atoms with Crippen molar-refractivity contribution in [1.29, 1.82) is 0 Å². The van der Waals surface area contributed by atoms with Crippen molar-refractivity contribution in [3.05, 3.63) is 35.4 Å². The summed E-state index contributed by atoms with van der Waals surface area (Å²) < 4.78 is 37.7. The number of aliphatic hydroxyl groups is 1. The molecule has 1 saturated carbocycles. The van der Waals surface area contributed by atoms with Gasteiger partial charge >= 0.3 is 6.18 Å². The van der Waals surface area contributed by atoms with Crippen molar-refractivity contribution in [2.45, 2.75) is 31.4 Å². The van der Waals surface area contributed by atoms with E-state index in [2.05, 4.69) is 0 Å². The molecule has 2 fully saturated rings. The molecular formula is C17H20F3NO2. The van der Waals surface area contributed by atoms with E-state index in [1.165, 1.54) is 12.1 Å². The zero-order valence-corrected chi connectivity index (χ0v) is 12.7. The van der Waals surface area contributed by atoms with Crippen LogP contribution in [0.2, 0.25) is 0 Å². The van der Waals surface area contributed by atoms with E-state index in [0.717, 1.165) is 37.1 Å². The van der Waals surface area contributed by atoms with Gasteiger partial charge in [-0.3, -0.25) is 4.79 Å². The third-order valence-electron chi connectivity index (χ3n) is 4.91. The summed E-state index contributed by atoms with van der Waals surface area (Å²) in [6.45, 7) is 1.56. The van der Waals surface area contributed by atoms with Crippen LogP contribution in [0.4, 0.5) is 13.2 Å². The van der Waals surface area contributed by atoms with Gasteiger partial charge in [-0.2, -0.15) is 13.2 Å². The molecule has 1 amide bonds. The number of carbonyl (C=O) groups is 1. The molecule has 1 heterocycles. The van der Waals surface area contributed by atoms with E-state index in [1.54, 1.807) is 0 Å². The molecule has 1 aliphatic carbocycles. The van der Waals surface area contributed by atoms with Crippen LogP contribution in [-0.4, -0.2) is 35.6 Å². The Labute approximate surface area is 133 Å². The van der Waals surface area contributed by atoms with Gasteiger partial charge in [-0.1, -0.05) is 12.1 Å². The van der Waals surface area contributed by atoms with E-state index in [1.807, 2.05) is 4.90 Å². The Kier molecular flexibility index (Phi) is 4.36. The first-order valence-corrected chi connectivity index (χ1v) is 7.97. The molecule has 1 saturated heterocycles. The van der Waals surface area contributed by atoms with Gasteiger partial charge in [-0.15, -0.1) is 0 Å². The number of nitrogens with zero attached hydrogens (tertiary/aromatic N) is 1. The zero-order valence-electron chi connectivity index (χ0n) is 12.7. The van der Waals surface area contributed by atoms with Gasteiger partial charge in [-0.25, -0.2) is 0 Å². The zero-order chi connectivity index (χ0) is 16.6. The fraction of sp³-hybridized carbons (Fsp3) is 0.588. The Morgan fingerprint density at radius 1 is 1.26 bits per heavy atom. The minimum Gasteiger partial charge on any atom is -0.396 e. The van der Waals surface area contributed by atoms with Crippen LogP contribution in [0.5, 0.6) is 0 Å². The quantitative estimate of drug-likeness (QED) is 0.923. The summed E-state index contributed by atoms with van der Waals surface area (Å²) in [6, 6.07) is 5.14. The summed E-state index contributed by atoms with van der Waals surface area (Å²) in [5, 5.41) is 8.96. The van der Waals surface area contributed by atoms with Crippen LogP contribution in [-0.2, 0) is 11.0 Å². The van der Waals surface area contributed by atoms with Crippen molar-refractivity contribution in [2.24, 2.45) is 11.8 Å². The number of rotatable bonds is 4. The second kappa shape index (κ2) is 6.15. The van der Waals surface area contributed by atoms with E-state index in [4.69, 9.17) is 5.11 Å². The van der Waals surface area contributed by atoms with Crippen molar-refractivity contribution >= 4 is 5.91 Å². The maximum absolute atomic E-state index is 12.6. The topological polar surface area (TPSA) is 40.5 Å². The van der Waals surface area contributed by atoms with Crippen LogP contribution in [0.15, 0.2) is 24.3 Å². The molecule has 0 unspecified atom stereocenters. The lowest BCUT2D eigenvalue weighted by molar-refractivity contribution is -0.137. The van der Waals surface area contributed by atoms with Gasteiger partial charge in [-0.05, 0) is 48.8 Å². The lowest BCUT2D eigenvalue weighted by atomic mass is 10.1. The molecule has 0 radical (unpaired) electrons. The monoisotopic (exact) mass is 327 g/mol. The molecule has 2 aliphatic rings. The van der Waals surface area contributed by atoms with Crippen LogP contribution >= 0.6 is 0 Å². The highest BCUT2D eigenvalue weighted by Gasteiger charge is 2.46. The lowest BCUT2D eigenvalue weighted by Crippen LogP contribution is -2.30. The number of hydrogen-bond donors (Lipinski definition) is 1. The standard InChI is InChI=1S/C17H20F3NO2/c18-17(19,20)13-3-1-12(2-4-13)14-9-15(14)16(23)21-7-5-11(10-21)6-8-22/h1-4,11,14-15,22H,5-10H2/t11-,14+,15+/m0/s1. The van der Waals surface area contributed by atoms with Gasteiger partial charge in [0.1, 0.15) is 0 Å². The highest BCUT2D eigenvalue weighted by molar-refractivity contribution is 5.83. The van der Waals surface area contributed by atoms with Gasteiger partial charge < -0.3 is 10.0 Å². The molecule has 1 aromatic rings. The molecule has 1 aliphatic heterocycles. The number of halogens is 3. The summed E-state index contributed by atoms with van der Waals surface area (Å²) in [7, 11) is 0. The Hall–Kier alpha value is -1.56. The number of hydrogen-bond acceptors (Lipinski definition) is 2. The molecule has 1 N–H and O–H groups in total. The maximum Gasteiger partial charge on any atom is 0.416 e. The minimum atomic E-state index is -4.32. The first-order valence-electron chi connectivity index (χ1n) is 7.97. The Bertz CT molecular complexity index is 570. The SMILES string of the molecule is O=C([C@@H]1C[C@@H]1c1ccc(C(F)(F)F)cc1)N1CC[C@@H](CCO)C1. The Balaban J connectivity index is 1.58. The number of amides is 1. The number of aliphatic hydroxyl groups excluding tert-OH is 1. The molecule has 3 atom stereocenters. The third kappa shape index (κ3) is 3.52. The lowest BCUT2D eigenvalue weighted by Gasteiger charge is -2.16. The predicted molar refractivity (Wildman–Crippen MR) is 78.7 cm³/mol. The van der Waals surface area contributed by atoms with Crippen molar-refractivity contribution in [3.63, 3.8) is 0 Å². The van der Waals surface area contributed by atoms with Crippen LogP contribution in [0, 0.1) is 11.8 Å². The molecule has 126 valence electrons. The first-order chi connectivity index (χ1) is 10.9. The molecular weight excluding hydrogens is 307 g/mol. The second-order valence-electron chi connectivity index (χ2n) is 6.52. The van der Waals surface area contributed by atoms with E-state index in [9.17, 15) is 18.0 Å². The molecule has 3 rings (SSSR count). The van der Waals surface area contributed by atoms with Gasteiger partial charge in [0.25, 0.3) is 0 Å². The smallest absolute Gasteiger partial charge is 0.396 e. The maximum atomic E-state index is 12.6. The van der Waals surface area contributed by atoms with Gasteiger partial charge in [0.2, 0.25) is 5.91 Å². The van der Waals surface area contributed by atoms with Crippen molar-refractivity contribution in [3.8, 4) is 0 Å². The van der Waals surface area contributed by atoms with Crippen molar-refractivity contribution < 1.29 is 23.1 Å². The largest absolute Gasteiger partial charge is 0.416 e. The fourth-order valence-corrected chi connectivity index (χ4v) is 3.44. The average molecular weight is 327 g/mol. The van der Waals surface area contributed by atoms with Crippen molar-refractivity contribution in [1.82, 2.24) is 4.90 Å². The van der Waals surface area contributed by atoms with Gasteiger partial charge in [0.05, 0.1) is 5.56 Å². The molecule has 0 bridgehead atoms. The van der Waals surface area contributed by atoms with Gasteiger partial charge in [0, 0.05) is 25.6 Å². The van der Waals surface area contributed by atoms with E-state index in [0.29, 0.717) is 18.9 Å². The highest BCUT2D eigenvalue weighted by Crippen LogP contribution is 2.49. The molecule has 0 spiro atoms. The molecule has 0 aromatic heterocycles. The molecule has 3 nitrogen and oxygen atoms in total. The van der Waals surface area contributed by atoms with Crippen LogP contribution in [0.25, 0.3) is 0 Å². The fourth-order valence-electron chi connectivity index (χ4n) is 3.44. The third-order valence-corrected chi connectivity index (χ3v) is 4.91. The molecule has 1 aromatic carbocycles. The Morgan fingerprint density at radius 3 is 2.57 bits per heavy atom. The van der Waals surface area contributed by atoms with Crippen LogP contribution in [0.3, 0.4) is 0 Å². The predicted octanol–water partition coefficient (Wildman–Crippen LogP) is 3.04. The number of likely N-dealkylation sites (tertiary alicyclic amines) is 1. The molecule has 23 heavy (non-hydrogen) atoms. The Morgan fingerprint density at radius 2 is 1.96 bits per heavy atom. The minimum absolute atomic E-state index is 0.0432. The first kappa shape index (κ1) is 16.3. The summed E-state index contributed by atoms with van der Waals surface area (Å²) >= 11 is 0. The van der Waals surface area contributed by atoms with Crippen LogP contribution < -0.4 is 0 Å². The summed E-state index contributed by atoms with van der Waals surface area (Å²) in [5.74, 6) is 0.420.